The molecule has 1 aliphatic rings. The van der Waals surface area contributed by atoms with Crippen LogP contribution >= 0.6 is 0 Å². The van der Waals surface area contributed by atoms with Crippen LogP contribution in [0.3, 0.4) is 0 Å². The van der Waals surface area contributed by atoms with Crippen molar-refractivity contribution >= 4 is 5.91 Å². The lowest BCUT2D eigenvalue weighted by Crippen LogP contribution is -2.47. The number of amides is 1. The summed E-state index contributed by atoms with van der Waals surface area (Å²) in [7, 11) is 0. The number of benzene rings is 1. The predicted molar refractivity (Wildman–Crippen MR) is 79.3 cm³/mol. The summed E-state index contributed by atoms with van der Waals surface area (Å²) in [5.74, 6) is 0.464. The van der Waals surface area contributed by atoms with Gasteiger partial charge in [0.15, 0.2) is 6.61 Å². The number of hydrogen-bond donors (Lipinski definition) is 2. The molecule has 1 heterocycles. The van der Waals surface area contributed by atoms with Gasteiger partial charge in [0.1, 0.15) is 5.75 Å². The quantitative estimate of drug-likeness (QED) is 0.829. The standard InChI is InChI=1S/C16H23NO4/c1-2-13-4-3-5-14(10-13)21-11-15(18)17-12-16(19)6-8-20-9-7-16/h3-5,10,19H,2,6-9,11-12H2,1H3,(H,17,18). The number of hydrogen-bond acceptors (Lipinski definition) is 4. The third kappa shape index (κ3) is 5.02. The summed E-state index contributed by atoms with van der Waals surface area (Å²) in [5, 5.41) is 13.0. The van der Waals surface area contributed by atoms with E-state index in [0.717, 1.165) is 6.42 Å². The summed E-state index contributed by atoms with van der Waals surface area (Å²) >= 11 is 0. The zero-order valence-corrected chi connectivity index (χ0v) is 12.4. The van der Waals surface area contributed by atoms with Crippen molar-refractivity contribution < 1.29 is 19.4 Å². The Balaban J connectivity index is 1.74. The van der Waals surface area contributed by atoms with E-state index in [1.807, 2.05) is 24.3 Å². The van der Waals surface area contributed by atoms with Crippen molar-refractivity contribution in [2.75, 3.05) is 26.4 Å². The van der Waals surface area contributed by atoms with Crippen molar-refractivity contribution in [2.24, 2.45) is 0 Å². The normalized spacial score (nSPS) is 17.2. The fourth-order valence-electron chi connectivity index (χ4n) is 2.25. The molecule has 5 nitrogen and oxygen atoms in total. The van der Waals surface area contributed by atoms with Gasteiger partial charge in [0.25, 0.3) is 5.91 Å². The molecule has 1 aromatic carbocycles. The molecule has 116 valence electrons. The van der Waals surface area contributed by atoms with Crippen LogP contribution in [0.2, 0.25) is 0 Å². The van der Waals surface area contributed by atoms with Crippen molar-refractivity contribution in [1.82, 2.24) is 5.32 Å². The lowest BCUT2D eigenvalue weighted by atomic mass is 9.94. The zero-order valence-electron chi connectivity index (χ0n) is 12.4. The maximum atomic E-state index is 11.8. The summed E-state index contributed by atoms with van der Waals surface area (Å²) in [6.07, 6.45) is 2.03. The van der Waals surface area contributed by atoms with Gasteiger partial charge in [-0.2, -0.15) is 0 Å². The summed E-state index contributed by atoms with van der Waals surface area (Å²) in [6, 6.07) is 7.70. The van der Waals surface area contributed by atoms with E-state index in [4.69, 9.17) is 9.47 Å². The third-order valence-corrected chi connectivity index (χ3v) is 3.71. The van der Waals surface area contributed by atoms with Gasteiger partial charge in [-0.05, 0) is 24.1 Å². The number of ether oxygens (including phenoxy) is 2. The zero-order chi connectivity index (χ0) is 15.1. The van der Waals surface area contributed by atoms with Crippen molar-refractivity contribution in [2.45, 2.75) is 31.8 Å². The smallest absolute Gasteiger partial charge is 0.258 e. The molecule has 1 amide bonds. The van der Waals surface area contributed by atoms with Gasteiger partial charge in [0.2, 0.25) is 0 Å². The first kappa shape index (κ1) is 15.8. The second-order valence-corrected chi connectivity index (χ2v) is 5.40. The summed E-state index contributed by atoms with van der Waals surface area (Å²) in [4.78, 5) is 11.8. The van der Waals surface area contributed by atoms with Crippen LogP contribution in [0.1, 0.15) is 25.3 Å². The lowest BCUT2D eigenvalue weighted by Gasteiger charge is -2.32. The van der Waals surface area contributed by atoms with Gasteiger partial charge < -0.3 is 19.9 Å². The van der Waals surface area contributed by atoms with Crippen molar-refractivity contribution in [1.29, 1.82) is 0 Å². The lowest BCUT2D eigenvalue weighted by molar-refractivity contribution is -0.125. The number of nitrogens with one attached hydrogen (secondary N) is 1. The molecule has 5 heteroatoms. The van der Waals surface area contributed by atoms with E-state index >= 15 is 0 Å². The number of aliphatic hydroxyl groups is 1. The molecule has 0 spiro atoms. The molecule has 0 bridgehead atoms. The number of carbonyl (C=O) groups excluding carboxylic acids is 1. The molecule has 0 aromatic heterocycles. The van der Waals surface area contributed by atoms with E-state index in [1.54, 1.807) is 0 Å². The molecule has 1 saturated heterocycles. The minimum atomic E-state index is -0.851. The fraction of sp³-hybridized carbons (Fsp3) is 0.562. The Hall–Kier alpha value is -1.59. The molecule has 2 rings (SSSR count). The summed E-state index contributed by atoms with van der Waals surface area (Å²) in [6.45, 7) is 3.34. The Bertz CT molecular complexity index is 469. The van der Waals surface area contributed by atoms with Gasteiger partial charge in [-0.3, -0.25) is 4.79 Å². The second-order valence-electron chi connectivity index (χ2n) is 5.40. The van der Waals surface area contributed by atoms with Crippen LogP contribution in [0.25, 0.3) is 0 Å². The van der Waals surface area contributed by atoms with Crippen LogP contribution in [0.4, 0.5) is 0 Å². The molecule has 1 aliphatic heterocycles. The van der Waals surface area contributed by atoms with Crippen LogP contribution < -0.4 is 10.1 Å². The minimum Gasteiger partial charge on any atom is -0.484 e. The minimum absolute atomic E-state index is 0.0419. The van der Waals surface area contributed by atoms with Crippen LogP contribution in [0.5, 0.6) is 5.75 Å². The maximum Gasteiger partial charge on any atom is 0.258 e. The highest BCUT2D eigenvalue weighted by Gasteiger charge is 2.30. The van der Waals surface area contributed by atoms with Crippen molar-refractivity contribution in [3.05, 3.63) is 29.8 Å². The monoisotopic (exact) mass is 293 g/mol. The highest BCUT2D eigenvalue weighted by molar-refractivity contribution is 5.77. The first-order valence-corrected chi connectivity index (χ1v) is 7.40. The Morgan fingerprint density at radius 2 is 2.19 bits per heavy atom. The molecular formula is C16H23NO4. The average molecular weight is 293 g/mol. The van der Waals surface area contributed by atoms with Crippen molar-refractivity contribution in [3.63, 3.8) is 0 Å². The molecule has 0 aliphatic carbocycles. The Kier molecular flexibility index (Phi) is 5.59. The highest BCUT2D eigenvalue weighted by atomic mass is 16.5. The van der Waals surface area contributed by atoms with Gasteiger partial charge in [-0.25, -0.2) is 0 Å². The van der Waals surface area contributed by atoms with E-state index in [9.17, 15) is 9.90 Å². The fourth-order valence-corrected chi connectivity index (χ4v) is 2.25. The Morgan fingerprint density at radius 3 is 2.90 bits per heavy atom. The average Bonchev–Trinajstić information content (AvgIpc) is 2.52. The van der Waals surface area contributed by atoms with E-state index in [2.05, 4.69) is 12.2 Å². The van der Waals surface area contributed by atoms with Gasteiger partial charge in [-0.1, -0.05) is 19.1 Å². The van der Waals surface area contributed by atoms with Crippen LogP contribution in [0.15, 0.2) is 24.3 Å². The van der Waals surface area contributed by atoms with Crippen LogP contribution in [-0.2, 0) is 16.0 Å². The molecule has 1 aromatic rings. The molecular weight excluding hydrogens is 270 g/mol. The SMILES string of the molecule is CCc1cccc(OCC(=O)NCC2(O)CCOCC2)c1. The number of aryl methyl sites for hydroxylation is 1. The first-order valence-electron chi connectivity index (χ1n) is 7.40. The molecule has 1 fully saturated rings. The summed E-state index contributed by atoms with van der Waals surface area (Å²) in [5.41, 5.74) is 0.320. The molecule has 0 unspecified atom stereocenters. The van der Waals surface area contributed by atoms with E-state index < -0.39 is 5.60 Å². The third-order valence-electron chi connectivity index (χ3n) is 3.71. The van der Waals surface area contributed by atoms with E-state index in [1.165, 1.54) is 5.56 Å². The molecule has 0 saturated carbocycles. The van der Waals surface area contributed by atoms with Gasteiger partial charge in [0.05, 0.1) is 5.60 Å². The van der Waals surface area contributed by atoms with Crippen molar-refractivity contribution in [3.8, 4) is 5.75 Å². The van der Waals surface area contributed by atoms with Gasteiger partial charge >= 0.3 is 0 Å². The molecule has 0 radical (unpaired) electrons. The number of carbonyl (C=O) groups is 1. The topological polar surface area (TPSA) is 67.8 Å². The second kappa shape index (κ2) is 7.43. The number of rotatable bonds is 6. The van der Waals surface area contributed by atoms with Gasteiger partial charge in [0, 0.05) is 32.6 Å². The van der Waals surface area contributed by atoms with Crippen LogP contribution in [-0.4, -0.2) is 43.0 Å². The Labute approximate surface area is 125 Å². The van der Waals surface area contributed by atoms with E-state index in [-0.39, 0.29) is 19.1 Å². The largest absolute Gasteiger partial charge is 0.484 e. The first-order chi connectivity index (χ1) is 10.1. The molecule has 2 N–H and O–H groups in total. The predicted octanol–water partition coefficient (Wildman–Crippen LogP) is 1.29. The molecule has 0 atom stereocenters. The van der Waals surface area contributed by atoms with E-state index in [0.29, 0.717) is 31.8 Å². The molecule has 21 heavy (non-hydrogen) atoms. The maximum absolute atomic E-state index is 11.8. The van der Waals surface area contributed by atoms with Crippen LogP contribution in [0, 0.1) is 0 Å². The Morgan fingerprint density at radius 1 is 1.43 bits per heavy atom. The highest BCUT2D eigenvalue weighted by Crippen LogP contribution is 2.19. The summed E-state index contributed by atoms with van der Waals surface area (Å²) < 4.78 is 10.7. The van der Waals surface area contributed by atoms with Gasteiger partial charge in [-0.15, -0.1) is 0 Å².